The number of benzene rings is 3. The van der Waals surface area contributed by atoms with Crippen LogP contribution >= 0.6 is 35.0 Å². The number of hydrogen-bond acceptors (Lipinski definition) is 4. The Labute approximate surface area is 233 Å². The van der Waals surface area contributed by atoms with Crippen LogP contribution in [0.5, 0.6) is 5.75 Å². The van der Waals surface area contributed by atoms with E-state index in [4.69, 9.17) is 27.9 Å². The van der Waals surface area contributed by atoms with E-state index in [1.54, 1.807) is 24.1 Å². The maximum Gasteiger partial charge on any atom is 0.243 e. The average Bonchev–Trinajstić information content (AvgIpc) is 2.92. The van der Waals surface area contributed by atoms with Gasteiger partial charge >= 0.3 is 0 Å². The van der Waals surface area contributed by atoms with E-state index in [9.17, 15) is 9.59 Å². The second kappa shape index (κ2) is 14.9. The number of ether oxygens (including phenoxy) is 1. The highest BCUT2D eigenvalue weighted by Crippen LogP contribution is 2.25. The highest BCUT2D eigenvalue weighted by atomic mass is 35.5. The molecule has 0 saturated carbocycles. The molecule has 3 rings (SSSR count). The fourth-order valence-corrected chi connectivity index (χ4v) is 5.01. The van der Waals surface area contributed by atoms with E-state index in [1.165, 1.54) is 11.8 Å². The van der Waals surface area contributed by atoms with Gasteiger partial charge < -0.3 is 15.0 Å². The number of methoxy groups -OCH3 is 1. The molecule has 196 valence electrons. The van der Waals surface area contributed by atoms with Crippen LogP contribution in [0.2, 0.25) is 10.0 Å². The number of carbonyl (C=O) groups excluding carboxylic acids is 2. The van der Waals surface area contributed by atoms with Crippen molar-refractivity contribution in [2.75, 3.05) is 19.4 Å². The zero-order chi connectivity index (χ0) is 26.6. The zero-order valence-electron chi connectivity index (χ0n) is 21.1. The zero-order valence-corrected chi connectivity index (χ0v) is 23.4. The fourth-order valence-electron chi connectivity index (χ4n) is 3.82. The maximum atomic E-state index is 13.6. The van der Waals surface area contributed by atoms with Crippen molar-refractivity contribution in [1.82, 2.24) is 10.2 Å². The summed E-state index contributed by atoms with van der Waals surface area (Å²) < 4.78 is 5.22. The fraction of sp³-hybridized carbons (Fsp3) is 0.310. The standard InChI is InChI=1S/C29H32Cl2N2O3S/c1-3-15-32-29(35)27(17-21-7-5-4-6-8-21)33(18-23-11-14-25(30)26(31)16-23)28(34)20-37-19-22-9-12-24(36-2)13-10-22/h4-14,16,27H,3,15,17-20H2,1-2H3,(H,32,35)/t27-/m0/s1. The van der Waals surface area contributed by atoms with Gasteiger partial charge in [0.1, 0.15) is 11.8 Å². The van der Waals surface area contributed by atoms with E-state index < -0.39 is 6.04 Å². The van der Waals surface area contributed by atoms with Crippen molar-refractivity contribution in [3.63, 3.8) is 0 Å². The second-order valence-electron chi connectivity index (χ2n) is 8.61. The van der Waals surface area contributed by atoms with Gasteiger partial charge in [-0.2, -0.15) is 0 Å². The Morgan fingerprint density at radius 3 is 2.30 bits per heavy atom. The molecule has 2 amide bonds. The number of thioether (sulfide) groups is 1. The van der Waals surface area contributed by atoms with E-state index in [-0.39, 0.29) is 24.1 Å². The maximum absolute atomic E-state index is 13.6. The number of carbonyl (C=O) groups is 2. The first-order valence-electron chi connectivity index (χ1n) is 12.2. The third kappa shape index (κ3) is 8.99. The lowest BCUT2D eigenvalue weighted by Crippen LogP contribution is -2.51. The van der Waals surface area contributed by atoms with Crippen molar-refractivity contribution in [2.24, 2.45) is 0 Å². The minimum atomic E-state index is -0.669. The Hall–Kier alpha value is -2.67. The smallest absolute Gasteiger partial charge is 0.243 e. The Balaban J connectivity index is 1.83. The SMILES string of the molecule is CCCNC(=O)[C@H](Cc1ccccc1)N(Cc1ccc(Cl)c(Cl)c1)C(=O)CSCc1ccc(OC)cc1. The Morgan fingerprint density at radius 1 is 0.946 bits per heavy atom. The van der Waals surface area contributed by atoms with Gasteiger partial charge in [0.2, 0.25) is 11.8 Å². The summed E-state index contributed by atoms with van der Waals surface area (Å²) in [6, 6.07) is 22.2. The van der Waals surface area contributed by atoms with Gasteiger partial charge in [-0.25, -0.2) is 0 Å². The summed E-state index contributed by atoms with van der Waals surface area (Å²) in [7, 11) is 1.63. The van der Waals surface area contributed by atoms with Gasteiger partial charge in [-0.1, -0.05) is 78.7 Å². The quantitative estimate of drug-likeness (QED) is 0.263. The van der Waals surface area contributed by atoms with Crippen LogP contribution < -0.4 is 10.1 Å². The monoisotopic (exact) mass is 558 g/mol. The number of amides is 2. The summed E-state index contributed by atoms with van der Waals surface area (Å²) in [4.78, 5) is 28.7. The van der Waals surface area contributed by atoms with Crippen molar-refractivity contribution in [3.05, 3.63) is 99.5 Å². The summed E-state index contributed by atoms with van der Waals surface area (Å²) in [5, 5.41) is 3.85. The van der Waals surface area contributed by atoms with Crippen LogP contribution in [0.25, 0.3) is 0 Å². The lowest BCUT2D eigenvalue weighted by atomic mass is 10.0. The molecule has 0 heterocycles. The first-order chi connectivity index (χ1) is 17.9. The van der Waals surface area contributed by atoms with E-state index in [2.05, 4.69) is 5.32 Å². The topological polar surface area (TPSA) is 58.6 Å². The van der Waals surface area contributed by atoms with Gasteiger partial charge in [0.05, 0.1) is 22.9 Å². The van der Waals surface area contributed by atoms with E-state index in [0.29, 0.717) is 28.8 Å². The first-order valence-corrected chi connectivity index (χ1v) is 14.1. The molecule has 5 nitrogen and oxygen atoms in total. The van der Waals surface area contributed by atoms with Crippen LogP contribution in [-0.2, 0) is 28.3 Å². The number of hydrogen-bond donors (Lipinski definition) is 1. The average molecular weight is 560 g/mol. The predicted molar refractivity (Wildman–Crippen MR) is 153 cm³/mol. The molecule has 8 heteroatoms. The van der Waals surface area contributed by atoms with Gasteiger partial charge in [-0.3, -0.25) is 9.59 Å². The molecule has 0 aliphatic heterocycles. The molecule has 0 aliphatic carbocycles. The predicted octanol–water partition coefficient (Wildman–Crippen LogP) is 6.40. The summed E-state index contributed by atoms with van der Waals surface area (Å²) in [5.41, 5.74) is 2.89. The lowest BCUT2D eigenvalue weighted by Gasteiger charge is -2.31. The largest absolute Gasteiger partial charge is 0.497 e. The van der Waals surface area contributed by atoms with Gasteiger partial charge in [-0.15, -0.1) is 11.8 Å². The summed E-state index contributed by atoms with van der Waals surface area (Å²) in [6.07, 6.45) is 1.22. The number of rotatable bonds is 13. The van der Waals surface area contributed by atoms with Crippen LogP contribution in [0.4, 0.5) is 0 Å². The third-order valence-electron chi connectivity index (χ3n) is 5.81. The molecule has 3 aromatic rings. The molecule has 3 aromatic carbocycles. The third-order valence-corrected chi connectivity index (χ3v) is 7.54. The molecular weight excluding hydrogens is 527 g/mol. The molecule has 1 N–H and O–H groups in total. The molecular formula is C29H32Cl2N2O3S. The Bertz CT molecular complexity index is 1160. The molecule has 0 fully saturated rings. The molecule has 0 aliphatic rings. The van der Waals surface area contributed by atoms with Crippen LogP contribution in [0.1, 0.15) is 30.0 Å². The Kier molecular flexibility index (Phi) is 11.6. The molecule has 1 atom stereocenters. The minimum absolute atomic E-state index is 0.114. The number of halogens is 2. The summed E-state index contributed by atoms with van der Waals surface area (Å²) in [6.45, 7) is 2.79. The summed E-state index contributed by atoms with van der Waals surface area (Å²) in [5.74, 6) is 1.41. The van der Waals surface area contributed by atoms with Gasteiger partial charge in [0.25, 0.3) is 0 Å². The van der Waals surface area contributed by atoms with Crippen LogP contribution in [0.3, 0.4) is 0 Å². The van der Waals surface area contributed by atoms with E-state index in [1.807, 2.05) is 67.6 Å². The van der Waals surface area contributed by atoms with Crippen molar-refractivity contribution >= 4 is 46.8 Å². The summed E-state index contributed by atoms with van der Waals surface area (Å²) >= 11 is 13.9. The van der Waals surface area contributed by atoms with E-state index >= 15 is 0 Å². The highest BCUT2D eigenvalue weighted by Gasteiger charge is 2.30. The number of nitrogens with zero attached hydrogens (tertiary/aromatic N) is 1. The molecule has 0 spiro atoms. The van der Waals surface area contributed by atoms with Crippen molar-refractivity contribution in [3.8, 4) is 5.75 Å². The van der Waals surface area contributed by atoms with Gasteiger partial charge in [-0.05, 0) is 47.4 Å². The van der Waals surface area contributed by atoms with Crippen LogP contribution in [0, 0.1) is 0 Å². The molecule has 0 unspecified atom stereocenters. The second-order valence-corrected chi connectivity index (χ2v) is 10.4. The lowest BCUT2D eigenvalue weighted by molar-refractivity contribution is -0.139. The van der Waals surface area contributed by atoms with Crippen LogP contribution in [-0.4, -0.2) is 42.2 Å². The van der Waals surface area contributed by atoms with Crippen molar-refractivity contribution in [1.29, 1.82) is 0 Å². The van der Waals surface area contributed by atoms with Crippen molar-refractivity contribution < 1.29 is 14.3 Å². The normalized spacial score (nSPS) is 11.6. The minimum Gasteiger partial charge on any atom is -0.497 e. The molecule has 0 aromatic heterocycles. The molecule has 0 radical (unpaired) electrons. The van der Waals surface area contributed by atoms with Crippen molar-refractivity contribution in [2.45, 2.75) is 38.1 Å². The van der Waals surface area contributed by atoms with Gasteiger partial charge in [0.15, 0.2) is 0 Å². The highest BCUT2D eigenvalue weighted by molar-refractivity contribution is 7.99. The van der Waals surface area contributed by atoms with E-state index in [0.717, 1.165) is 28.9 Å². The first kappa shape index (κ1) is 28.9. The van der Waals surface area contributed by atoms with Crippen LogP contribution in [0.15, 0.2) is 72.8 Å². The Morgan fingerprint density at radius 2 is 1.65 bits per heavy atom. The molecule has 0 saturated heterocycles. The molecule has 37 heavy (non-hydrogen) atoms. The molecule has 0 bridgehead atoms. The number of nitrogens with one attached hydrogen (secondary N) is 1. The van der Waals surface area contributed by atoms with Gasteiger partial charge in [0, 0.05) is 25.3 Å².